The first-order valence-electron chi connectivity index (χ1n) is 4.13. The molecule has 1 rings (SSSR count). The molecule has 1 amide bonds. The topological polar surface area (TPSA) is 43.1 Å². The molecule has 0 radical (unpaired) electrons. The molecule has 0 unspecified atom stereocenters. The van der Waals surface area contributed by atoms with Crippen LogP contribution in [0.1, 0.15) is 12.5 Å². The lowest BCUT2D eigenvalue weighted by molar-refractivity contribution is -0.121. The van der Waals surface area contributed by atoms with E-state index in [-0.39, 0.29) is 11.8 Å². The van der Waals surface area contributed by atoms with Crippen molar-refractivity contribution in [3.05, 3.63) is 33.4 Å². The van der Waals surface area contributed by atoms with Crippen molar-refractivity contribution in [2.45, 2.75) is 13.3 Å². The summed E-state index contributed by atoms with van der Waals surface area (Å²) in [4.78, 5) is 10.8. The Balaban J connectivity index is 2.64. The predicted molar refractivity (Wildman–Crippen MR) is 61.2 cm³/mol. The molecule has 0 fully saturated rings. The van der Waals surface area contributed by atoms with E-state index < -0.39 is 0 Å². The third-order valence-corrected chi connectivity index (χ3v) is 2.66. The molecule has 0 spiro atoms. The molecule has 3 heteroatoms. The van der Waals surface area contributed by atoms with Gasteiger partial charge in [0.25, 0.3) is 0 Å². The Morgan fingerprint density at radius 1 is 1.46 bits per heavy atom. The molecule has 1 aromatic carbocycles. The predicted octanol–water partition coefficient (Wildman–Crippen LogP) is 1.96. The Hall–Kier alpha value is -0.580. The number of halogens is 1. The summed E-state index contributed by atoms with van der Waals surface area (Å²) in [5.74, 6) is -0.321. The van der Waals surface area contributed by atoms with Crippen molar-refractivity contribution in [3.63, 3.8) is 0 Å². The quantitative estimate of drug-likeness (QED) is 0.849. The monoisotopic (exact) mass is 289 g/mol. The molecule has 0 saturated carbocycles. The Morgan fingerprint density at radius 2 is 2.00 bits per heavy atom. The summed E-state index contributed by atoms with van der Waals surface area (Å²) in [6, 6.07) is 8.12. The number of hydrogen-bond acceptors (Lipinski definition) is 1. The summed E-state index contributed by atoms with van der Waals surface area (Å²) >= 11 is 2.25. The molecular formula is C10H12INO. The molecule has 0 aliphatic rings. The lowest BCUT2D eigenvalue weighted by Crippen LogP contribution is -2.22. The highest BCUT2D eigenvalue weighted by molar-refractivity contribution is 14.1. The van der Waals surface area contributed by atoms with Gasteiger partial charge >= 0.3 is 0 Å². The Bertz CT molecular complexity index is 294. The number of nitrogens with two attached hydrogens (primary N) is 1. The van der Waals surface area contributed by atoms with Gasteiger partial charge in [0, 0.05) is 9.49 Å². The van der Waals surface area contributed by atoms with Crippen LogP contribution in [0.3, 0.4) is 0 Å². The van der Waals surface area contributed by atoms with Crippen LogP contribution in [0.2, 0.25) is 0 Å². The highest BCUT2D eigenvalue weighted by Crippen LogP contribution is 2.11. The number of primary amides is 1. The number of carbonyl (C=O) groups is 1. The van der Waals surface area contributed by atoms with Gasteiger partial charge in [0.05, 0.1) is 0 Å². The molecule has 2 N–H and O–H groups in total. The minimum Gasteiger partial charge on any atom is -0.369 e. The molecule has 1 aromatic rings. The van der Waals surface area contributed by atoms with E-state index in [0.29, 0.717) is 0 Å². The van der Waals surface area contributed by atoms with Crippen LogP contribution in [0.15, 0.2) is 24.3 Å². The van der Waals surface area contributed by atoms with Crippen LogP contribution in [0.25, 0.3) is 0 Å². The van der Waals surface area contributed by atoms with E-state index >= 15 is 0 Å². The third kappa shape index (κ3) is 3.34. The van der Waals surface area contributed by atoms with Gasteiger partial charge in [0.2, 0.25) is 5.91 Å². The largest absolute Gasteiger partial charge is 0.369 e. The molecule has 0 aliphatic carbocycles. The van der Waals surface area contributed by atoms with Crippen LogP contribution in [0.5, 0.6) is 0 Å². The molecule has 0 bridgehead atoms. The summed E-state index contributed by atoms with van der Waals surface area (Å²) in [5, 5.41) is 0. The van der Waals surface area contributed by atoms with Gasteiger partial charge in [-0.2, -0.15) is 0 Å². The maximum absolute atomic E-state index is 10.8. The molecule has 0 heterocycles. The Labute approximate surface area is 91.7 Å². The smallest absolute Gasteiger partial charge is 0.220 e. The van der Waals surface area contributed by atoms with Gasteiger partial charge in [-0.05, 0) is 46.7 Å². The van der Waals surface area contributed by atoms with Gasteiger partial charge in [-0.3, -0.25) is 4.79 Å². The third-order valence-electron chi connectivity index (χ3n) is 1.94. The van der Waals surface area contributed by atoms with Crippen LogP contribution in [-0.4, -0.2) is 5.91 Å². The second-order valence-electron chi connectivity index (χ2n) is 3.13. The zero-order valence-corrected chi connectivity index (χ0v) is 9.61. The maximum atomic E-state index is 10.8. The zero-order valence-electron chi connectivity index (χ0n) is 7.46. The maximum Gasteiger partial charge on any atom is 0.220 e. The molecular weight excluding hydrogens is 277 g/mol. The highest BCUT2D eigenvalue weighted by atomic mass is 127. The SMILES string of the molecule is C[C@H](Cc1ccc(I)cc1)C(N)=O. The first-order chi connectivity index (χ1) is 6.09. The van der Waals surface area contributed by atoms with E-state index in [2.05, 4.69) is 22.6 Å². The van der Waals surface area contributed by atoms with E-state index in [9.17, 15) is 4.79 Å². The van der Waals surface area contributed by atoms with Crippen LogP contribution in [0.4, 0.5) is 0 Å². The summed E-state index contributed by atoms with van der Waals surface area (Å²) < 4.78 is 1.20. The van der Waals surface area contributed by atoms with E-state index in [1.807, 2.05) is 31.2 Å². The Kier molecular flexibility index (Phi) is 3.71. The normalized spacial score (nSPS) is 12.5. The van der Waals surface area contributed by atoms with Crippen molar-refractivity contribution in [3.8, 4) is 0 Å². The van der Waals surface area contributed by atoms with Crippen molar-refractivity contribution in [1.29, 1.82) is 0 Å². The van der Waals surface area contributed by atoms with E-state index in [4.69, 9.17) is 5.73 Å². The fraction of sp³-hybridized carbons (Fsp3) is 0.300. The van der Waals surface area contributed by atoms with Crippen LogP contribution in [-0.2, 0) is 11.2 Å². The van der Waals surface area contributed by atoms with Gasteiger partial charge in [0.1, 0.15) is 0 Å². The summed E-state index contributed by atoms with van der Waals surface area (Å²) in [5.41, 5.74) is 6.33. The van der Waals surface area contributed by atoms with E-state index in [0.717, 1.165) is 12.0 Å². The Morgan fingerprint density at radius 3 is 2.46 bits per heavy atom. The van der Waals surface area contributed by atoms with Gasteiger partial charge in [0.15, 0.2) is 0 Å². The van der Waals surface area contributed by atoms with Crippen molar-refractivity contribution in [2.24, 2.45) is 11.7 Å². The zero-order chi connectivity index (χ0) is 9.84. The summed E-state index contributed by atoms with van der Waals surface area (Å²) in [6.45, 7) is 1.85. The average Bonchev–Trinajstić information content (AvgIpc) is 2.08. The van der Waals surface area contributed by atoms with Gasteiger partial charge in [-0.25, -0.2) is 0 Å². The molecule has 13 heavy (non-hydrogen) atoms. The standard InChI is InChI=1S/C10H12INO/c1-7(10(12)13)6-8-2-4-9(11)5-3-8/h2-5,7H,6H2,1H3,(H2,12,13)/t7-/m1/s1. The number of hydrogen-bond donors (Lipinski definition) is 1. The van der Waals surface area contributed by atoms with Gasteiger partial charge in [-0.15, -0.1) is 0 Å². The lowest BCUT2D eigenvalue weighted by atomic mass is 10.0. The molecule has 0 aromatic heterocycles. The fourth-order valence-electron chi connectivity index (χ4n) is 1.07. The number of rotatable bonds is 3. The van der Waals surface area contributed by atoms with Crippen molar-refractivity contribution < 1.29 is 4.79 Å². The van der Waals surface area contributed by atoms with Crippen LogP contribution >= 0.6 is 22.6 Å². The summed E-state index contributed by atoms with van der Waals surface area (Å²) in [7, 11) is 0. The molecule has 70 valence electrons. The fourth-order valence-corrected chi connectivity index (χ4v) is 1.43. The van der Waals surface area contributed by atoms with Crippen molar-refractivity contribution in [2.75, 3.05) is 0 Å². The number of benzene rings is 1. The first kappa shape index (κ1) is 10.5. The van der Waals surface area contributed by atoms with Crippen molar-refractivity contribution >= 4 is 28.5 Å². The van der Waals surface area contributed by atoms with E-state index in [1.54, 1.807) is 0 Å². The molecule has 1 atom stereocenters. The number of amides is 1. The second-order valence-corrected chi connectivity index (χ2v) is 4.38. The number of carbonyl (C=O) groups excluding carboxylic acids is 1. The second kappa shape index (κ2) is 4.60. The lowest BCUT2D eigenvalue weighted by Gasteiger charge is -2.06. The highest BCUT2D eigenvalue weighted by Gasteiger charge is 2.08. The first-order valence-corrected chi connectivity index (χ1v) is 5.21. The van der Waals surface area contributed by atoms with Crippen molar-refractivity contribution in [1.82, 2.24) is 0 Å². The van der Waals surface area contributed by atoms with Gasteiger partial charge in [-0.1, -0.05) is 19.1 Å². The molecule has 0 aliphatic heterocycles. The minimum atomic E-state index is -0.237. The van der Waals surface area contributed by atoms with Crippen LogP contribution in [0, 0.1) is 9.49 Å². The van der Waals surface area contributed by atoms with E-state index in [1.165, 1.54) is 3.57 Å². The summed E-state index contributed by atoms with van der Waals surface area (Å²) in [6.07, 6.45) is 0.728. The molecule has 2 nitrogen and oxygen atoms in total. The average molecular weight is 289 g/mol. The van der Waals surface area contributed by atoms with Crippen LogP contribution < -0.4 is 5.73 Å². The van der Waals surface area contributed by atoms with Gasteiger partial charge < -0.3 is 5.73 Å². The minimum absolute atomic E-state index is 0.0833. The molecule has 0 saturated heterocycles.